The Bertz CT molecular complexity index is 477. The number of likely N-dealkylation sites (tertiary alicyclic amines) is 1. The first-order valence-electron chi connectivity index (χ1n) is 7.22. The van der Waals surface area contributed by atoms with E-state index >= 15 is 0 Å². The molecule has 1 fully saturated rings. The fourth-order valence-electron chi connectivity index (χ4n) is 2.62. The zero-order chi connectivity index (χ0) is 14.5. The average Bonchev–Trinajstić information content (AvgIpc) is 2.77. The van der Waals surface area contributed by atoms with E-state index in [2.05, 4.69) is 16.9 Å². The van der Waals surface area contributed by atoms with Gasteiger partial charge in [-0.05, 0) is 31.5 Å². The highest BCUT2D eigenvalue weighted by molar-refractivity contribution is 7.71. The number of aromatic nitrogens is 3. The van der Waals surface area contributed by atoms with Crippen LogP contribution in [0.15, 0.2) is 0 Å². The highest BCUT2D eigenvalue weighted by atomic mass is 32.1. The van der Waals surface area contributed by atoms with Gasteiger partial charge in [0.15, 0.2) is 10.6 Å². The lowest BCUT2D eigenvalue weighted by molar-refractivity contribution is 0.0300. The number of hydrogen-bond donors (Lipinski definition) is 1. The van der Waals surface area contributed by atoms with Crippen molar-refractivity contribution in [2.24, 2.45) is 0 Å². The molecule has 0 aromatic carbocycles. The molecule has 20 heavy (non-hydrogen) atoms. The van der Waals surface area contributed by atoms with Gasteiger partial charge in [0.1, 0.15) is 6.61 Å². The summed E-state index contributed by atoms with van der Waals surface area (Å²) in [6.07, 6.45) is 3.45. The van der Waals surface area contributed by atoms with Gasteiger partial charge in [0.05, 0.1) is 12.8 Å². The minimum Gasteiger partial charge on any atom is -0.388 e. The third-order valence-electron chi connectivity index (χ3n) is 3.79. The zero-order valence-electron chi connectivity index (χ0n) is 12.3. The molecule has 0 radical (unpaired) electrons. The van der Waals surface area contributed by atoms with Crippen molar-refractivity contribution in [1.29, 1.82) is 0 Å². The van der Waals surface area contributed by atoms with Gasteiger partial charge >= 0.3 is 0 Å². The van der Waals surface area contributed by atoms with Gasteiger partial charge in [-0.25, -0.2) is 4.68 Å². The van der Waals surface area contributed by atoms with Gasteiger partial charge in [0, 0.05) is 26.7 Å². The molecule has 0 saturated carbocycles. The van der Waals surface area contributed by atoms with Gasteiger partial charge in [-0.1, -0.05) is 6.92 Å². The van der Waals surface area contributed by atoms with Crippen LogP contribution in [0, 0.1) is 4.77 Å². The van der Waals surface area contributed by atoms with Crippen LogP contribution >= 0.6 is 12.2 Å². The minimum absolute atomic E-state index is 0.0671. The number of ether oxygens (including phenoxy) is 1. The summed E-state index contributed by atoms with van der Waals surface area (Å²) in [6, 6.07) is 0. The first kappa shape index (κ1) is 15.6. The van der Waals surface area contributed by atoms with Crippen molar-refractivity contribution in [3.8, 4) is 0 Å². The molecule has 114 valence electrons. The lowest BCUT2D eigenvalue weighted by Crippen LogP contribution is -2.38. The number of nitrogens with zero attached hydrogens (tertiary/aromatic N) is 4. The summed E-state index contributed by atoms with van der Waals surface area (Å²) in [5.74, 6) is 0.656. The summed E-state index contributed by atoms with van der Waals surface area (Å²) in [7, 11) is 1.77. The van der Waals surface area contributed by atoms with Crippen LogP contribution in [0.4, 0.5) is 0 Å². The molecule has 2 rings (SSSR count). The molecule has 0 spiro atoms. The third-order valence-corrected chi connectivity index (χ3v) is 4.22. The lowest BCUT2D eigenvalue weighted by Gasteiger charge is -2.30. The molecule has 0 unspecified atom stereocenters. The number of hydrogen-bond acceptors (Lipinski definition) is 5. The van der Waals surface area contributed by atoms with Crippen molar-refractivity contribution in [2.45, 2.75) is 52.1 Å². The SMILES string of the molecule is CCCn1c(CO)nn(CN2CCC(OC)CC2)c1=S. The molecule has 1 aliphatic heterocycles. The molecule has 1 aromatic heterocycles. The number of piperidine rings is 1. The van der Waals surface area contributed by atoms with Crippen LogP contribution in [-0.4, -0.2) is 50.7 Å². The van der Waals surface area contributed by atoms with E-state index in [0.29, 0.717) is 23.4 Å². The van der Waals surface area contributed by atoms with Gasteiger partial charge < -0.3 is 14.4 Å². The van der Waals surface area contributed by atoms with Crippen LogP contribution in [0.25, 0.3) is 0 Å². The summed E-state index contributed by atoms with van der Waals surface area (Å²) in [6.45, 7) is 5.52. The molecule has 1 aliphatic rings. The number of aliphatic hydroxyl groups is 1. The van der Waals surface area contributed by atoms with E-state index in [1.807, 2.05) is 9.25 Å². The number of methoxy groups -OCH3 is 1. The normalized spacial score (nSPS) is 17.8. The van der Waals surface area contributed by atoms with Gasteiger partial charge in [0.2, 0.25) is 0 Å². The lowest BCUT2D eigenvalue weighted by atomic mass is 10.1. The smallest absolute Gasteiger partial charge is 0.199 e. The van der Waals surface area contributed by atoms with Crippen LogP contribution in [-0.2, 0) is 24.6 Å². The Balaban J connectivity index is 2.05. The molecule has 1 saturated heterocycles. The molecular formula is C13H24N4O2S. The van der Waals surface area contributed by atoms with Crippen LogP contribution < -0.4 is 0 Å². The second-order valence-electron chi connectivity index (χ2n) is 5.20. The first-order valence-corrected chi connectivity index (χ1v) is 7.63. The van der Waals surface area contributed by atoms with Crippen LogP contribution in [0.3, 0.4) is 0 Å². The summed E-state index contributed by atoms with van der Waals surface area (Å²) in [5.41, 5.74) is 0. The summed E-state index contributed by atoms with van der Waals surface area (Å²) >= 11 is 5.46. The highest BCUT2D eigenvalue weighted by Gasteiger charge is 2.20. The average molecular weight is 300 g/mol. The van der Waals surface area contributed by atoms with Gasteiger partial charge in [0.25, 0.3) is 0 Å². The first-order chi connectivity index (χ1) is 9.69. The molecule has 7 heteroatoms. The van der Waals surface area contributed by atoms with E-state index in [1.54, 1.807) is 7.11 Å². The monoisotopic (exact) mass is 300 g/mol. The minimum atomic E-state index is -0.0671. The van der Waals surface area contributed by atoms with Crippen LogP contribution in [0.1, 0.15) is 32.0 Å². The van der Waals surface area contributed by atoms with Gasteiger partial charge in [-0.3, -0.25) is 4.90 Å². The molecule has 0 bridgehead atoms. The molecule has 0 atom stereocenters. The molecule has 1 N–H and O–H groups in total. The Morgan fingerprint density at radius 2 is 2.10 bits per heavy atom. The maximum absolute atomic E-state index is 9.38. The van der Waals surface area contributed by atoms with E-state index < -0.39 is 0 Å². The predicted octanol–water partition coefficient (Wildman–Crippen LogP) is 1.38. The standard InChI is InChI=1S/C13H24N4O2S/c1-3-6-16-12(9-18)14-17(13(16)20)10-15-7-4-11(19-2)5-8-15/h11,18H,3-10H2,1-2H3. The van der Waals surface area contributed by atoms with E-state index in [1.165, 1.54) is 0 Å². The number of aliphatic hydroxyl groups excluding tert-OH is 1. The fourth-order valence-corrected chi connectivity index (χ4v) is 2.91. The van der Waals surface area contributed by atoms with Crippen molar-refractivity contribution >= 4 is 12.2 Å². The van der Waals surface area contributed by atoms with E-state index in [0.717, 1.165) is 38.9 Å². The number of rotatable bonds is 6. The topological polar surface area (TPSA) is 55.5 Å². The Morgan fingerprint density at radius 1 is 1.40 bits per heavy atom. The summed E-state index contributed by atoms with van der Waals surface area (Å²) in [4.78, 5) is 2.33. The predicted molar refractivity (Wildman–Crippen MR) is 78.9 cm³/mol. The third kappa shape index (κ3) is 3.46. The molecule has 0 amide bonds. The molecular weight excluding hydrogens is 276 g/mol. The largest absolute Gasteiger partial charge is 0.388 e. The van der Waals surface area contributed by atoms with Crippen LogP contribution in [0.5, 0.6) is 0 Å². The zero-order valence-corrected chi connectivity index (χ0v) is 13.1. The van der Waals surface area contributed by atoms with Crippen molar-refractivity contribution in [1.82, 2.24) is 19.2 Å². The highest BCUT2D eigenvalue weighted by Crippen LogP contribution is 2.14. The molecule has 0 aliphatic carbocycles. The van der Waals surface area contributed by atoms with Crippen molar-refractivity contribution < 1.29 is 9.84 Å². The maximum Gasteiger partial charge on any atom is 0.199 e. The Labute approximate surface area is 125 Å². The van der Waals surface area contributed by atoms with Crippen molar-refractivity contribution in [2.75, 3.05) is 20.2 Å². The van der Waals surface area contributed by atoms with Crippen molar-refractivity contribution in [3.63, 3.8) is 0 Å². The molecule has 2 heterocycles. The molecule has 1 aromatic rings. The van der Waals surface area contributed by atoms with Gasteiger partial charge in [-0.2, -0.15) is 5.10 Å². The fraction of sp³-hybridized carbons (Fsp3) is 0.846. The Hall–Kier alpha value is -0.760. The molecule has 6 nitrogen and oxygen atoms in total. The van der Waals surface area contributed by atoms with Crippen molar-refractivity contribution in [3.05, 3.63) is 10.6 Å². The quantitative estimate of drug-likeness (QED) is 0.805. The van der Waals surface area contributed by atoms with E-state index in [-0.39, 0.29) is 6.61 Å². The van der Waals surface area contributed by atoms with E-state index in [9.17, 15) is 5.11 Å². The summed E-state index contributed by atoms with van der Waals surface area (Å²) in [5, 5.41) is 13.8. The second-order valence-corrected chi connectivity index (χ2v) is 5.57. The Morgan fingerprint density at radius 3 is 2.65 bits per heavy atom. The Kier molecular flexibility index (Phi) is 5.71. The van der Waals surface area contributed by atoms with Gasteiger partial charge in [-0.15, -0.1) is 0 Å². The second kappa shape index (κ2) is 7.31. The van der Waals surface area contributed by atoms with E-state index in [4.69, 9.17) is 17.0 Å². The maximum atomic E-state index is 9.38. The van der Waals surface area contributed by atoms with Crippen LogP contribution in [0.2, 0.25) is 0 Å². The summed E-state index contributed by atoms with van der Waals surface area (Å²) < 4.78 is 9.83.